The van der Waals surface area contributed by atoms with Gasteiger partial charge in [-0.1, -0.05) is 0 Å². The molecule has 0 amide bonds. The highest BCUT2D eigenvalue weighted by Gasteiger charge is 2.03. The van der Waals surface area contributed by atoms with Crippen molar-refractivity contribution >= 4 is 46.3 Å². The topological polar surface area (TPSA) is 0 Å². The Morgan fingerprint density at radius 1 is 1.17 bits per heavy atom. The van der Waals surface area contributed by atoms with E-state index in [-0.39, 0.29) is 23.1 Å². The van der Waals surface area contributed by atoms with Gasteiger partial charge in [-0.25, -0.2) is 0 Å². The summed E-state index contributed by atoms with van der Waals surface area (Å²) in [6, 6.07) is 0. The molecule has 0 spiro atoms. The summed E-state index contributed by atoms with van der Waals surface area (Å²) in [5.74, 6) is 0. The van der Waals surface area contributed by atoms with E-state index in [1.54, 1.807) is 13.8 Å². The molecular formula is C3H6Cl2Mg. The molecule has 0 aliphatic carbocycles. The lowest BCUT2D eigenvalue weighted by Crippen LogP contribution is -1.93. The van der Waals surface area contributed by atoms with E-state index in [9.17, 15) is 0 Å². The molecule has 0 aliphatic heterocycles. The molecule has 0 rings (SSSR count). The lowest BCUT2D eigenvalue weighted by Gasteiger charge is -1.98. The van der Waals surface area contributed by atoms with Crippen LogP contribution in [0.1, 0.15) is 13.8 Å². The maximum Gasteiger partial charge on any atom is 0.112 e. The predicted molar refractivity (Wildman–Crippen MR) is 31.5 cm³/mol. The molecule has 0 nitrogen and oxygen atoms in total. The summed E-state index contributed by atoms with van der Waals surface area (Å²) in [4.78, 5) is 0. The van der Waals surface area contributed by atoms with Gasteiger partial charge >= 0.3 is 0 Å². The monoisotopic (exact) mass is 136 g/mol. The van der Waals surface area contributed by atoms with E-state index in [1.807, 2.05) is 0 Å². The number of rotatable bonds is 0. The second-order valence-corrected chi connectivity index (χ2v) is 3.41. The first-order valence-corrected chi connectivity index (χ1v) is 2.13. The average Bonchev–Trinajstić information content (AvgIpc) is 0.722. The highest BCUT2D eigenvalue weighted by atomic mass is 35.5. The fourth-order valence-electron chi connectivity index (χ4n) is 0. The Kier molecular flexibility index (Phi) is 5.80. The van der Waals surface area contributed by atoms with Crippen LogP contribution in [0.25, 0.3) is 0 Å². The summed E-state index contributed by atoms with van der Waals surface area (Å²) in [5.41, 5.74) is 0. The Hall–Kier alpha value is 1.35. The number of hydrogen-bond donors (Lipinski definition) is 0. The van der Waals surface area contributed by atoms with Gasteiger partial charge in [-0.05, 0) is 13.8 Å². The highest BCUT2D eigenvalue weighted by Crippen LogP contribution is 2.16. The van der Waals surface area contributed by atoms with Crippen LogP contribution < -0.4 is 0 Å². The zero-order chi connectivity index (χ0) is 4.50. The van der Waals surface area contributed by atoms with E-state index in [0.717, 1.165) is 0 Å². The van der Waals surface area contributed by atoms with Crippen LogP contribution in [0.3, 0.4) is 0 Å². The number of alkyl halides is 2. The van der Waals surface area contributed by atoms with Crippen LogP contribution in [0.4, 0.5) is 0 Å². The zero-order valence-electron chi connectivity index (χ0n) is 3.96. The van der Waals surface area contributed by atoms with Crippen LogP contribution in [0.2, 0.25) is 0 Å². The maximum absolute atomic E-state index is 5.30. The molecule has 0 aromatic heterocycles. The summed E-state index contributed by atoms with van der Waals surface area (Å²) < 4.78 is -0.556. The molecule has 0 aromatic rings. The van der Waals surface area contributed by atoms with Crippen LogP contribution in [0.15, 0.2) is 0 Å². The average molecular weight is 137 g/mol. The summed E-state index contributed by atoms with van der Waals surface area (Å²) in [6.45, 7) is 3.44. The third kappa shape index (κ3) is 55.7. The van der Waals surface area contributed by atoms with Crippen molar-refractivity contribution in [3.63, 3.8) is 0 Å². The minimum Gasteiger partial charge on any atom is -0.102 e. The van der Waals surface area contributed by atoms with E-state index in [0.29, 0.717) is 0 Å². The van der Waals surface area contributed by atoms with Crippen LogP contribution in [-0.4, -0.2) is 27.4 Å². The van der Waals surface area contributed by atoms with E-state index in [1.165, 1.54) is 0 Å². The lowest BCUT2D eigenvalue weighted by atomic mass is 10.6. The molecule has 2 radical (unpaired) electrons. The lowest BCUT2D eigenvalue weighted by molar-refractivity contribution is 0.995. The summed E-state index contributed by atoms with van der Waals surface area (Å²) in [5, 5.41) is 0. The number of hydrogen-bond acceptors (Lipinski definition) is 0. The third-order valence-corrected chi connectivity index (χ3v) is 0. The van der Waals surface area contributed by atoms with Crippen molar-refractivity contribution in [1.82, 2.24) is 0 Å². The highest BCUT2D eigenvalue weighted by molar-refractivity contribution is 6.47. The van der Waals surface area contributed by atoms with Crippen LogP contribution >= 0.6 is 23.2 Å². The Labute approximate surface area is 64.3 Å². The van der Waals surface area contributed by atoms with Crippen molar-refractivity contribution in [3.05, 3.63) is 0 Å². The van der Waals surface area contributed by atoms with E-state index in [2.05, 4.69) is 0 Å². The van der Waals surface area contributed by atoms with Gasteiger partial charge in [0.1, 0.15) is 4.33 Å². The van der Waals surface area contributed by atoms with E-state index < -0.39 is 4.33 Å². The van der Waals surface area contributed by atoms with Gasteiger partial charge in [0.05, 0.1) is 0 Å². The molecular weight excluding hydrogens is 131 g/mol. The van der Waals surface area contributed by atoms with Crippen molar-refractivity contribution in [3.8, 4) is 0 Å². The van der Waals surface area contributed by atoms with E-state index >= 15 is 0 Å². The van der Waals surface area contributed by atoms with Gasteiger partial charge in [-0.2, -0.15) is 0 Å². The smallest absolute Gasteiger partial charge is 0.102 e. The number of halogens is 2. The first-order valence-electron chi connectivity index (χ1n) is 1.38. The molecule has 0 unspecified atom stereocenters. The van der Waals surface area contributed by atoms with E-state index in [4.69, 9.17) is 23.2 Å². The van der Waals surface area contributed by atoms with Crippen molar-refractivity contribution in [2.24, 2.45) is 0 Å². The molecule has 0 heterocycles. The molecule has 0 saturated carbocycles. The molecule has 0 atom stereocenters. The van der Waals surface area contributed by atoms with Crippen LogP contribution in [-0.2, 0) is 0 Å². The van der Waals surface area contributed by atoms with Crippen molar-refractivity contribution in [1.29, 1.82) is 0 Å². The quantitative estimate of drug-likeness (QED) is 0.353. The Morgan fingerprint density at radius 2 is 1.17 bits per heavy atom. The Balaban J connectivity index is 0. The van der Waals surface area contributed by atoms with Gasteiger partial charge in [0.15, 0.2) is 0 Å². The second kappa shape index (κ2) is 3.36. The molecule has 0 aliphatic rings. The fourth-order valence-corrected chi connectivity index (χ4v) is 0. The molecule has 0 aromatic carbocycles. The third-order valence-electron chi connectivity index (χ3n) is 0. The first kappa shape index (κ1) is 10.4. The second-order valence-electron chi connectivity index (χ2n) is 1.33. The minimum atomic E-state index is -0.556. The van der Waals surface area contributed by atoms with Crippen molar-refractivity contribution in [2.45, 2.75) is 18.2 Å². The van der Waals surface area contributed by atoms with Crippen molar-refractivity contribution in [2.75, 3.05) is 0 Å². The molecule has 0 N–H and O–H groups in total. The maximum atomic E-state index is 5.30. The molecule has 0 fully saturated rings. The normalized spacial score (nSPS) is 10.0. The van der Waals surface area contributed by atoms with Gasteiger partial charge in [0, 0.05) is 23.1 Å². The van der Waals surface area contributed by atoms with Gasteiger partial charge in [0.25, 0.3) is 0 Å². The van der Waals surface area contributed by atoms with Crippen LogP contribution in [0, 0.1) is 0 Å². The van der Waals surface area contributed by atoms with Gasteiger partial charge < -0.3 is 0 Å². The Bertz CT molecular complexity index is 24.3. The first-order chi connectivity index (χ1) is 2.00. The minimum absolute atomic E-state index is 0. The largest absolute Gasteiger partial charge is 0.112 e. The van der Waals surface area contributed by atoms with Gasteiger partial charge in [-0.3, -0.25) is 0 Å². The summed E-state index contributed by atoms with van der Waals surface area (Å²) in [6.07, 6.45) is 0. The molecule has 6 heavy (non-hydrogen) atoms. The van der Waals surface area contributed by atoms with Crippen molar-refractivity contribution < 1.29 is 0 Å². The molecule has 34 valence electrons. The van der Waals surface area contributed by atoms with Gasteiger partial charge in [-0.15, -0.1) is 23.2 Å². The molecule has 0 saturated heterocycles. The summed E-state index contributed by atoms with van der Waals surface area (Å²) in [7, 11) is 0. The summed E-state index contributed by atoms with van der Waals surface area (Å²) >= 11 is 10.6. The van der Waals surface area contributed by atoms with Gasteiger partial charge in [0.2, 0.25) is 0 Å². The SMILES string of the molecule is CC(C)(Cl)Cl.[Mg]. The standard InChI is InChI=1S/C3H6Cl2.Mg/c1-3(2,4)5;/h1-2H3;. The predicted octanol–water partition coefficient (Wildman–Crippen LogP) is 1.82. The fraction of sp³-hybridized carbons (Fsp3) is 1.00. The Morgan fingerprint density at radius 3 is 1.17 bits per heavy atom. The van der Waals surface area contributed by atoms with Crippen LogP contribution in [0.5, 0.6) is 0 Å². The molecule has 3 heteroatoms. The zero-order valence-corrected chi connectivity index (χ0v) is 6.89. The molecule has 0 bridgehead atoms.